The van der Waals surface area contributed by atoms with Gasteiger partial charge in [-0.25, -0.2) is 0 Å². The van der Waals surface area contributed by atoms with Crippen molar-refractivity contribution in [3.63, 3.8) is 0 Å². The molecule has 6 nitrogen and oxygen atoms in total. The van der Waals surface area contributed by atoms with Crippen LogP contribution in [0.4, 0.5) is 0 Å². The molecule has 1 aromatic carbocycles. The molecule has 1 amide bonds. The van der Waals surface area contributed by atoms with Gasteiger partial charge in [0.1, 0.15) is 6.61 Å². The third-order valence-electron chi connectivity index (χ3n) is 6.41. The van der Waals surface area contributed by atoms with Gasteiger partial charge < -0.3 is 19.1 Å². The zero-order valence-corrected chi connectivity index (χ0v) is 14.5. The van der Waals surface area contributed by atoms with Crippen molar-refractivity contribution < 1.29 is 19.0 Å². The fourth-order valence-electron chi connectivity index (χ4n) is 5.35. The average molecular weight is 344 g/mol. The molecule has 5 heterocycles. The van der Waals surface area contributed by atoms with E-state index in [9.17, 15) is 4.79 Å². The van der Waals surface area contributed by atoms with Crippen LogP contribution in [0, 0.1) is 5.92 Å². The van der Waals surface area contributed by atoms with Crippen LogP contribution in [0.1, 0.15) is 24.3 Å². The maximum absolute atomic E-state index is 12.7. The molecule has 0 aliphatic carbocycles. The first-order valence-electron chi connectivity index (χ1n) is 9.18. The standard InChI is InChI=1S/C19H24N2O4/c1-23-10-17(22)21-9-14(13-2-3-15-16(8-13)25-11-24-15)19-18(21)12-4-6-20(19)7-5-12/h2-3,8,12,14,18-19H,4-7,9-11H2,1H3/t14-,18+,19+/m0/s1. The quantitative estimate of drug-likeness (QED) is 0.831. The Hall–Kier alpha value is -1.79. The molecule has 3 atom stereocenters. The summed E-state index contributed by atoms with van der Waals surface area (Å²) in [5.74, 6) is 2.70. The molecule has 25 heavy (non-hydrogen) atoms. The molecule has 0 saturated carbocycles. The summed E-state index contributed by atoms with van der Waals surface area (Å²) >= 11 is 0. The summed E-state index contributed by atoms with van der Waals surface area (Å²) in [5.41, 5.74) is 1.25. The highest BCUT2D eigenvalue weighted by atomic mass is 16.7. The molecule has 5 aliphatic heterocycles. The van der Waals surface area contributed by atoms with Gasteiger partial charge in [-0.2, -0.15) is 0 Å². The summed E-state index contributed by atoms with van der Waals surface area (Å²) < 4.78 is 16.2. The molecule has 0 spiro atoms. The number of ether oxygens (including phenoxy) is 3. The molecule has 1 aromatic rings. The van der Waals surface area contributed by atoms with Gasteiger partial charge in [-0.3, -0.25) is 9.69 Å². The van der Waals surface area contributed by atoms with Crippen molar-refractivity contribution in [1.29, 1.82) is 0 Å². The van der Waals surface area contributed by atoms with Gasteiger partial charge in [0.25, 0.3) is 0 Å². The molecule has 6 heteroatoms. The number of hydrogen-bond donors (Lipinski definition) is 0. The molecular formula is C19H24N2O4. The van der Waals surface area contributed by atoms with Crippen LogP contribution in [0.15, 0.2) is 18.2 Å². The van der Waals surface area contributed by atoms with Crippen LogP contribution in [0.2, 0.25) is 0 Å². The molecule has 4 fully saturated rings. The van der Waals surface area contributed by atoms with Crippen molar-refractivity contribution in [2.75, 3.05) is 40.1 Å². The highest BCUT2D eigenvalue weighted by molar-refractivity contribution is 5.78. The number of benzene rings is 1. The molecule has 0 aromatic heterocycles. The number of carbonyl (C=O) groups excluding carboxylic acids is 1. The normalized spacial score (nSPS) is 35.1. The maximum atomic E-state index is 12.7. The Morgan fingerprint density at radius 3 is 2.80 bits per heavy atom. The maximum Gasteiger partial charge on any atom is 0.248 e. The predicted octanol–water partition coefficient (Wildman–Crippen LogP) is 1.45. The van der Waals surface area contributed by atoms with E-state index >= 15 is 0 Å². The average Bonchev–Trinajstić information content (AvgIpc) is 3.28. The fourth-order valence-corrected chi connectivity index (χ4v) is 5.35. The Labute approximate surface area is 147 Å². The Balaban J connectivity index is 1.50. The van der Waals surface area contributed by atoms with Crippen molar-refractivity contribution in [1.82, 2.24) is 9.80 Å². The minimum absolute atomic E-state index is 0.120. The van der Waals surface area contributed by atoms with Crippen molar-refractivity contribution in [2.24, 2.45) is 5.92 Å². The van der Waals surface area contributed by atoms with Crippen molar-refractivity contribution in [3.05, 3.63) is 23.8 Å². The lowest BCUT2D eigenvalue weighted by molar-refractivity contribution is -0.139. The molecule has 5 aliphatic rings. The first-order chi connectivity index (χ1) is 12.3. The number of amides is 1. The van der Waals surface area contributed by atoms with Gasteiger partial charge in [-0.1, -0.05) is 6.07 Å². The van der Waals surface area contributed by atoms with Crippen LogP contribution >= 0.6 is 0 Å². The van der Waals surface area contributed by atoms with Crippen molar-refractivity contribution >= 4 is 5.91 Å². The topological polar surface area (TPSA) is 51.2 Å². The Kier molecular flexibility index (Phi) is 3.64. The van der Waals surface area contributed by atoms with Crippen LogP contribution in [0.3, 0.4) is 0 Å². The lowest BCUT2D eigenvalue weighted by atomic mass is 9.75. The molecule has 0 unspecified atom stereocenters. The lowest BCUT2D eigenvalue weighted by Gasteiger charge is -2.51. The zero-order valence-electron chi connectivity index (χ0n) is 14.5. The molecule has 0 N–H and O–H groups in total. The molecule has 6 rings (SSSR count). The molecule has 0 radical (unpaired) electrons. The number of likely N-dealkylation sites (tertiary alicyclic amines) is 1. The first kappa shape index (κ1) is 15.5. The summed E-state index contributed by atoms with van der Waals surface area (Å²) in [6.07, 6.45) is 2.40. The van der Waals surface area contributed by atoms with E-state index in [0.717, 1.165) is 31.1 Å². The second-order valence-electron chi connectivity index (χ2n) is 7.55. The van der Waals surface area contributed by atoms with Gasteiger partial charge in [0.05, 0.1) is 6.04 Å². The highest BCUT2D eigenvalue weighted by Crippen LogP contribution is 2.47. The Bertz CT molecular complexity index is 686. The van der Waals surface area contributed by atoms with Crippen LogP contribution in [0.25, 0.3) is 0 Å². The van der Waals surface area contributed by atoms with Crippen molar-refractivity contribution in [3.8, 4) is 11.5 Å². The molecule has 4 saturated heterocycles. The van der Waals surface area contributed by atoms with Gasteiger partial charge in [-0.05, 0) is 49.5 Å². The van der Waals surface area contributed by atoms with Crippen LogP contribution in [-0.4, -0.2) is 67.9 Å². The number of methoxy groups -OCH3 is 1. The van der Waals surface area contributed by atoms with E-state index < -0.39 is 0 Å². The summed E-state index contributed by atoms with van der Waals surface area (Å²) in [5, 5.41) is 0. The summed E-state index contributed by atoms with van der Waals surface area (Å²) in [6, 6.07) is 6.98. The summed E-state index contributed by atoms with van der Waals surface area (Å²) in [7, 11) is 1.59. The monoisotopic (exact) mass is 344 g/mol. The van der Waals surface area contributed by atoms with E-state index in [0.29, 0.717) is 30.7 Å². The van der Waals surface area contributed by atoms with E-state index in [1.165, 1.54) is 18.4 Å². The number of hydrogen-bond acceptors (Lipinski definition) is 5. The van der Waals surface area contributed by atoms with Crippen LogP contribution in [-0.2, 0) is 9.53 Å². The highest BCUT2D eigenvalue weighted by Gasteiger charge is 2.54. The smallest absolute Gasteiger partial charge is 0.248 e. The van der Waals surface area contributed by atoms with E-state index in [2.05, 4.69) is 21.9 Å². The molecule has 2 bridgehead atoms. The summed E-state index contributed by atoms with van der Waals surface area (Å²) in [4.78, 5) is 17.4. The van der Waals surface area contributed by atoms with E-state index in [-0.39, 0.29) is 12.5 Å². The number of rotatable bonds is 3. The zero-order chi connectivity index (χ0) is 17.0. The largest absolute Gasteiger partial charge is 0.454 e. The Morgan fingerprint density at radius 1 is 1.20 bits per heavy atom. The number of carbonyl (C=O) groups is 1. The van der Waals surface area contributed by atoms with Crippen LogP contribution < -0.4 is 9.47 Å². The number of fused-ring (bicyclic) bond motifs is 3. The predicted molar refractivity (Wildman–Crippen MR) is 90.8 cm³/mol. The van der Waals surface area contributed by atoms with Gasteiger partial charge in [0.15, 0.2) is 11.5 Å². The number of piperidine rings is 3. The summed E-state index contributed by atoms with van der Waals surface area (Å²) in [6.45, 7) is 3.54. The number of nitrogens with zero attached hydrogens (tertiary/aromatic N) is 2. The van der Waals surface area contributed by atoms with Crippen LogP contribution in [0.5, 0.6) is 11.5 Å². The lowest BCUT2D eigenvalue weighted by Crippen LogP contribution is -2.61. The van der Waals surface area contributed by atoms with Crippen molar-refractivity contribution in [2.45, 2.75) is 30.8 Å². The van der Waals surface area contributed by atoms with Gasteiger partial charge in [0, 0.05) is 25.6 Å². The van der Waals surface area contributed by atoms with E-state index in [1.54, 1.807) is 7.11 Å². The van der Waals surface area contributed by atoms with E-state index in [1.807, 2.05) is 6.07 Å². The van der Waals surface area contributed by atoms with Gasteiger partial charge in [-0.15, -0.1) is 0 Å². The molecule has 134 valence electrons. The third kappa shape index (κ3) is 2.34. The minimum Gasteiger partial charge on any atom is -0.454 e. The SMILES string of the molecule is COCC(=O)N1C[C@@H](c2ccc3c(c2)OCO3)[C@@H]2[C@H]1C1CCN2CC1. The van der Waals surface area contributed by atoms with E-state index in [4.69, 9.17) is 14.2 Å². The molecular weight excluding hydrogens is 320 g/mol. The fraction of sp³-hybridized carbons (Fsp3) is 0.632. The second-order valence-corrected chi connectivity index (χ2v) is 7.55. The first-order valence-corrected chi connectivity index (χ1v) is 9.18. The third-order valence-corrected chi connectivity index (χ3v) is 6.41. The second kappa shape index (κ2) is 5.88. The van der Waals surface area contributed by atoms with Gasteiger partial charge >= 0.3 is 0 Å². The Morgan fingerprint density at radius 2 is 2.00 bits per heavy atom. The minimum atomic E-state index is 0.120. The van der Waals surface area contributed by atoms with Gasteiger partial charge in [0.2, 0.25) is 12.7 Å².